The smallest absolute Gasteiger partial charge is 0.349 e. The molecule has 2 amide bonds. The van der Waals surface area contributed by atoms with Gasteiger partial charge in [0.1, 0.15) is 12.2 Å². The summed E-state index contributed by atoms with van der Waals surface area (Å²) in [5.74, 6) is -1.10. The number of aryl methyl sites for hydroxylation is 1. The predicted molar refractivity (Wildman–Crippen MR) is 137 cm³/mol. The number of para-hydroxylation sites is 1. The summed E-state index contributed by atoms with van der Waals surface area (Å²) >= 11 is 6.37. The summed E-state index contributed by atoms with van der Waals surface area (Å²) in [5.41, 5.74) is 0.418. The Balaban J connectivity index is 1.52. The van der Waals surface area contributed by atoms with Crippen molar-refractivity contribution in [2.45, 2.75) is 38.5 Å². The molecular formula is C26H20ClF3N8O2. The summed E-state index contributed by atoms with van der Waals surface area (Å²) in [4.78, 5) is 27.4. The molecule has 2 heterocycles. The largest absolute Gasteiger partial charge is 0.436 e. The molecule has 1 aliphatic carbocycles. The van der Waals surface area contributed by atoms with Crippen molar-refractivity contribution in [2.75, 3.05) is 5.32 Å². The second-order valence-corrected chi connectivity index (χ2v) is 9.58. The van der Waals surface area contributed by atoms with Gasteiger partial charge in [-0.15, -0.1) is 5.10 Å². The SMILES string of the molecule is Cc1cc(C#N)cc(C(=O)NC2CC2)c1NC(=O)c1cc(Cn2ncc(C(F)(F)F)n2)nn1-c1ccccc1Cl. The zero-order chi connectivity index (χ0) is 28.6. The molecule has 14 heteroatoms. The van der Waals surface area contributed by atoms with Crippen molar-refractivity contribution >= 4 is 29.1 Å². The first-order valence-electron chi connectivity index (χ1n) is 12.0. The molecule has 0 saturated heterocycles. The number of alkyl halides is 3. The molecule has 1 fully saturated rings. The number of nitriles is 1. The fourth-order valence-corrected chi connectivity index (χ4v) is 4.21. The van der Waals surface area contributed by atoms with Crippen LogP contribution in [0.5, 0.6) is 0 Å². The predicted octanol–water partition coefficient (Wildman–Crippen LogP) is 4.51. The number of aromatic nitrogens is 5. The van der Waals surface area contributed by atoms with Gasteiger partial charge in [0.2, 0.25) is 0 Å². The molecule has 0 radical (unpaired) electrons. The van der Waals surface area contributed by atoms with Crippen molar-refractivity contribution < 1.29 is 22.8 Å². The molecule has 0 spiro atoms. The van der Waals surface area contributed by atoms with E-state index in [0.29, 0.717) is 17.4 Å². The number of halogens is 4. The molecule has 4 aromatic rings. The highest BCUT2D eigenvalue weighted by Gasteiger charge is 2.34. The lowest BCUT2D eigenvalue weighted by atomic mass is 10.0. The second-order valence-electron chi connectivity index (χ2n) is 9.17. The molecule has 1 aliphatic rings. The van der Waals surface area contributed by atoms with E-state index in [1.165, 1.54) is 16.8 Å². The van der Waals surface area contributed by atoms with Crippen LogP contribution in [0.1, 0.15) is 56.2 Å². The first kappa shape index (κ1) is 26.9. The second kappa shape index (κ2) is 10.5. The summed E-state index contributed by atoms with van der Waals surface area (Å²) in [5, 5.41) is 26.8. The van der Waals surface area contributed by atoms with E-state index in [9.17, 15) is 28.0 Å². The van der Waals surface area contributed by atoms with E-state index in [1.807, 2.05) is 6.07 Å². The number of hydrogen-bond acceptors (Lipinski definition) is 6. The van der Waals surface area contributed by atoms with Crippen LogP contribution >= 0.6 is 11.6 Å². The Morgan fingerprint density at radius 1 is 1.15 bits per heavy atom. The van der Waals surface area contributed by atoms with E-state index in [1.54, 1.807) is 37.3 Å². The van der Waals surface area contributed by atoms with Crippen molar-refractivity contribution in [1.29, 1.82) is 5.26 Å². The molecular weight excluding hydrogens is 549 g/mol. The van der Waals surface area contributed by atoms with Gasteiger partial charge in [-0.3, -0.25) is 9.59 Å². The fourth-order valence-electron chi connectivity index (χ4n) is 3.99. The van der Waals surface area contributed by atoms with Crippen LogP contribution in [0.3, 0.4) is 0 Å². The Hall–Kier alpha value is -4.70. The minimum atomic E-state index is -4.66. The van der Waals surface area contributed by atoms with E-state index >= 15 is 0 Å². The summed E-state index contributed by atoms with van der Waals surface area (Å²) in [6, 6.07) is 13.0. The minimum absolute atomic E-state index is 0.0105. The van der Waals surface area contributed by atoms with E-state index in [-0.39, 0.29) is 45.8 Å². The van der Waals surface area contributed by atoms with Gasteiger partial charge in [-0.2, -0.15) is 33.4 Å². The molecule has 2 aromatic carbocycles. The van der Waals surface area contributed by atoms with Gasteiger partial charge in [0.05, 0.1) is 45.5 Å². The van der Waals surface area contributed by atoms with Crippen LogP contribution in [-0.4, -0.2) is 42.6 Å². The average Bonchev–Trinajstić information content (AvgIpc) is 3.41. The third-order valence-electron chi connectivity index (χ3n) is 6.06. The highest BCUT2D eigenvalue weighted by Crippen LogP contribution is 2.29. The maximum atomic E-state index is 13.6. The van der Waals surface area contributed by atoms with Crippen LogP contribution < -0.4 is 10.6 Å². The van der Waals surface area contributed by atoms with E-state index in [4.69, 9.17) is 11.6 Å². The zero-order valence-corrected chi connectivity index (χ0v) is 21.6. The Bertz CT molecular complexity index is 1670. The molecule has 5 rings (SSSR count). The van der Waals surface area contributed by atoms with Crippen molar-refractivity contribution in [3.05, 3.63) is 87.5 Å². The Labute approximate surface area is 230 Å². The summed E-state index contributed by atoms with van der Waals surface area (Å²) in [6.07, 6.45) is -2.37. The van der Waals surface area contributed by atoms with Gasteiger partial charge < -0.3 is 10.6 Å². The Kier molecular flexibility index (Phi) is 7.03. The van der Waals surface area contributed by atoms with Crippen LogP contribution in [0.15, 0.2) is 48.7 Å². The number of nitrogens with one attached hydrogen (secondary N) is 2. The molecule has 1 saturated carbocycles. The fraction of sp³-hybridized carbons (Fsp3) is 0.231. The zero-order valence-electron chi connectivity index (χ0n) is 20.8. The standard InChI is InChI=1S/C26H20ClF3N8O2/c1-14-8-15(11-31)9-18(24(39)33-16-6-7-16)23(14)34-25(40)21-10-17(13-37-32-12-22(36-37)26(28,29)30)35-38(21)20-5-3-2-4-19(20)27/h2-5,8-10,12,16H,6-7,13H2,1H3,(H,33,39)(H,34,40). The average molecular weight is 569 g/mol. The molecule has 10 nitrogen and oxygen atoms in total. The minimum Gasteiger partial charge on any atom is -0.349 e. The highest BCUT2D eigenvalue weighted by molar-refractivity contribution is 6.32. The number of carbonyl (C=O) groups excluding carboxylic acids is 2. The molecule has 2 aromatic heterocycles. The van der Waals surface area contributed by atoms with Crippen LogP contribution in [0, 0.1) is 18.3 Å². The van der Waals surface area contributed by atoms with Crippen LogP contribution in [-0.2, 0) is 12.7 Å². The van der Waals surface area contributed by atoms with Crippen molar-refractivity contribution in [3.8, 4) is 11.8 Å². The number of rotatable bonds is 7. The van der Waals surface area contributed by atoms with Gasteiger partial charge in [-0.25, -0.2) is 4.68 Å². The van der Waals surface area contributed by atoms with Crippen LogP contribution in [0.4, 0.5) is 18.9 Å². The monoisotopic (exact) mass is 568 g/mol. The molecule has 40 heavy (non-hydrogen) atoms. The third-order valence-corrected chi connectivity index (χ3v) is 6.38. The number of anilines is 1. The van der Waals surface area contributed by atoms with Gasteiger partial charge >= 0.3 is 6.18 Å². The number of benzene rings is 2. The molecule has 0 unspecified atom stereocenters. The quantitative estimate of drug-likeness (QED) is 0.337. The number of nitrogens with zero attached hydrogens (tertiary/aromatic N) is 6. The summed E-state index contributed by atoms with van der Waals surface area (Å²) in [6.45, 7) is 1.39. The van der Waals surface area contributed by atoms with E-state index < -0.39 is 23.7 Å². The molecule has 2 N–H and O–H groups in total. The molecule has 204 valence electrons. The molecule has 0 aliphatic heterocycles. The number of amides is 2. The topological polar surface area (TPSA) is 131 Å². The van der Waals surface area contributed by atoms with E-state index in [0.717, 1.165) is 17.6 Å². The van der Waals surface area contributed by atoms with Crippen molar-refractivity contribution in [1.82, 2.24) is 30.1 Å². The first-order chi connectivity index (χ1) is 19.0. The van der Waals surface area contributed by atoms with Crippen LogP contribution in [0.25, 0.3) is 5.69 Å². The third kappa shape index (κ3) is 5.67. The number of carbonyl (C=O) groups is 2. The normalized spacial score (nSPS) is 13.1. The lowest BCUT2D eigenvalue weighted by Crippen LogP contribution is -2.28. The first-order valence-corrected chi connectivity index (χ1v) is 12.4. The maximum Gasteiger partial charge on any atom is 0.436 e. The molecule has 0 bridgehead atoms. The van der Waals surface area contributed by atoms with Crippen LogP contribution in [0.2, 0.25) is 5.02 Å². The van der Waals surface area contributed by atoms with Gasteiger partial charge in [-0.1, -0.05) is 23.7 Å². The lowest BCUT2D eigenvalue weighted by Gasteiger charge is -2.15. The summed E-state index contributed by atoms with van der Waals surface area (Å²) < 4.78 is 40.2. The molecule has 0 atom stereocenters. The highest BCUT2D eigenvalue weighted by atomic mass is 35.5. The van der Waals surface area contributed by atoms with Gasteiger partial charge in [0.15, 0.2) is 5.69 Å². The maximum absolute atomic E-state index is 13.6. The summed E-state index contributed by atoms with van der Waals surface area (Å²) in [7, 11) is 0. The Morgan fingerprint density at radius 3 is 2.55 bits per heavy atom. The van der Waals surface area contributed by atoms with E-state index in [2.05, 4.69) is 25.9 Å². The lowest BCUT2D eigenvalue weighted by molar-refractivity contribution is -0.141. The van der Waals surface area contributed by atoms with Crippen molar-refractivity contribution in [3.63, 3.8) is 0 Å². The van der Waals surface area contributed by atoms with Gasteiger partial charge in [0, 0.05) is 6.04 Å². The Morgan fingerprint density at radius 2 is 1.90 bits per heavy atom. The van der Waals surface area contributed by atoms with Crippen molar-refractivity contribution in [2.24, 2.45) is 0 Å². The van der Waals surface area contributed by atoms with Gasteiger partial charge in [0.25, 0.3) is 11.8 Å². The van der Waals surface area contributed by atoms with Gasteiger partial charge in [-0.05, 0) is 55.7 Å². The number of hydrogen-bond donors (Lipinski definition) is 2.